The first kappa shape index (κ1) is 9.01. The van der Waals surface area contributed by atoms with Gasteiger partial charge in [-0.3, -0.25) is 0 Å². The van der Waals surface area contributed by atoms with Crippen molar-refractivity contribution in [2.75, 3.05) is 19.6 Å². The maximum absolute atomic E-state index is 3.45. The predicted molar refractivity (Wildman–Crippen MR) is 48.8 cm³/mol. The van der Waals surface area contributed by atoms with Gasteiger partial charge in [0.05, 0.1) is 0 Å². The van der Waals surface area contributed by atoms with Crippen molar-refractivity contribution in [3.8, 4) is 0 Å². The molecule has 0 aromatic carbocycles. The SMILES string of the molecule is C1CNCCC2(C1)CN2.CC. The highest BCUT2D eigenvalue weighted by molar-refractivity contribution is 5.04. The first-order chi connectivity index (χ1) is 5.41. The standard InChI is InChI=1S/C7H14N2.C2H6/c1-2-7(6-9-7)3-5-8-4-1;1-2/h8-9H,1-6H2;1-2H3. The summed E-state index contributed by atoms with van der Waals surface area (Å²) in [6.07, 6.45) is 4.08. The molecule has 0 radical (unpaired) electrons. The summed E-state index contributed by atoms with van der Waals surface area (Å²) in [4.78, 5) is 0. The summed E-state index contributed by atoms with van der Waals surface area (Å²) in [5.74, 6) is 0. The average Bonchev–Trinajstić information content (AvgIpc) is 2.86. The predicted octanol–water partition coefficient (Wildman–Crippen LogP) is 1.13. The normalized spacial score (nSPS) is 35.5. The molecule has 1 atom stereocenters. The fraction of sp³-hybridized carbons (Fsp3) is 1.00. The molecule has 2 fully saturated rings. The van der Waals surface area contributed by atoms with Crippen LogP contribution in [0.4, 0.5) is 0 Å². The zero-order valence-corrected chi connectivity index (χ0v) is 7.74. The Morgan fingerprint density at radius 2 is 1.82 bits per heavy atom. The molecule has 2 saturated heterocycles. The Morgan fingerprint density at radius 1 is 1.09 bits per heavy atom. The van der Waals surface area contributed by atoms with Gasteiger partial charge in [0.25, 0.3) is 0 Å². The van der Waals surface area contributed by atoms with E-state index >= 15 is 0 Å². The highest BCUT2D eigenvalue weighted by atomic mass is 15.2. The second-order valence-corrected chi connectivity index (χ2v) is 3.24. The molecule has 0 aliphatic carbocycles. The summed E-state index contributed by atoms with van der Waals surface area (Å²) in [5, 5.41) is 6.85. The van der Waals surface area contributed by atoms with Crippen LogP contribution in [-0.2, 0) is 0 Å². The summed E-state index contributed by atoms with van der Waals surface area (Å²) in [6, 6.07) is 0. The third-order valence-electron chi connectivity index (χ3n) is 2.47. The number of hydrogen-bond donors (Lipinski definition) is 2. The van der Waals surface area contributed by atoms with Gasteiger partial charge in [-0.05, 0) is 32.4 Å². The van der Waals surface area contributed by atoms with Crippen molar-refractivity contribution in [3.05, 3.63) is 0 Å². The van der Waals surface area contributed by atoms with Crippen LogP contribution >= 0.6 is 0 Å². The molecular weight excluding hydrogens is 136 g/mol. The molecule has 2 heteroatoms. The molecule has 0 bridgehead atoms. The van der Waals surface area contributed by atoms with Gasteiger partial charge in [0.1, 0.15) is 0 Å². The van der Waals surface area contributed by atoms with Gasteiger partial charge in [0.15, 0.2) is 0 Å². The van der Waals surface area contributed by atoms with Gasteiger partial charge in [-0.2, -0.15) is 0 Å². The van der Waals surface area contributed by atoms with Crippen molar-refractivity contribution in [2.24, 2.45) is 0 Å². The maximum Gasteiger partial charge on any atom is 0.0319 e. The molecular formula is C9H20N2. The van der Waals surface area contributed by atoms with E-state index in [9.17, 15) is 0 Å². The van der Waals surface area contributed by atoms with Crippen molar-refractivity contribution in [2.45, 2.75) is 38.6 Å². The monoisotopic (exact) mass is 156 g/mol. The van der Waals surface area contributed by atoms with E-state index < -0.39 is 0 Å². The molecule has 0 saturated carbocycles. The molecule has 66 valence electrons. The van der Waals surface area contributed by atoms with Gasteiger partial charge < -0.3 is 10.6 Å². The Labute approximate surface area is 69.8 Å². The van der Waals surface area contributed by atoms with Crippen LogP contribution < -0.4 is 10.6 Å². The minimum atomic E-state index is 0.601. The molecule has 2 rings (SSSR count). The Hall–Kier alpha value is -0.0800. The zero-order chi connectivity index (χ0) is 8.16. The lowest BCUT2D eigenvalue weighted by atomic mass is 10.0. The second-order valence-electron chi connectivity index (χ2n) is 3.24. The Balaban J connectivity index is 0.000000281. The van der Waals surface area contributed by atoms with E-state index in [-0.39, 0.29) is 0 Å². The highest BCUT2D eigenvalue weighted by Crippen LogP contribution is 2.27. The van der Waals surface area contributed by atoms with Gasteiger partial charge in [0, 0.05) is 12.1 Å². The van der Waals surface area contributed by atoms with Crippen LogP contribution in [0.5, 0.6) is 0 Å². The first-order valence-corrected chi connectivity index (χ1v) is 4.87. The minimum Gasteiger partial charge on any atom is -0.317 e. The van der Waals surface area contributed by atoms with Crippen molar-refractivity contribution < 1.29 is 0 Å². The fourth-order valence-electron chi connectivity index (χ4n) is 1.61. The van der Waals surface area contributed by atoms with Crippen LogP contribution in [0.1, 0.15) is 33.1 Å². The number of hydrogen-bond acceptors (Lipinski definition) is 2. The van der Waals surface area contributed by atoms with Crippen molar-refractivity contribution >= 4 is 0 Å². The van der Waals surface area contributed by atoms with Crippen molar-refractivity contribution in [1.29, 1.82) is 0 Å². The minimum absolute atomic E-state index is 0.601. The second kappa shape index (κ2) is 4.07. The molecule has 1 unspecified atom stereocenters. The molecule has 2 nitrogen and oxygen atoms in total. The van der Waals surface area contributed by atoms with Gasteiger partial charge in [-0.1, -0.05) is 13.8 Å². The van der Waals surface area contributed by atoms with Crippen LogP contribution in [-0.4, -0.2) is 25.2 Å². The molecule has 2 aliphatic rings. The third-order valence-corrected chi connectivity index (χ3v) is 2.47. The summed E-state index contributed by atoms with van der Waals surface area (Å²) in [7, 11) is 0. The van der Waals surface area contributed by atoms with Crippen LogP contribution in [0.2, 0.25) is 0 Å². The molecule has 11 heavy (non-hydrogen) atoms. The largest absolute Gasteiger partial charge is 0.317 e. The van der Waals surface area contributed by atoms with Crippen molar-refractivity contribution in [1.82, 2.24) is 10.6 Å². The molecule has 1 spiro atoms. The van der Waals surface area contributed by atoms with E-state index in [1.165, 1.54) is 38.9 Å². The Morgan fingerprint density at radius 3 is 2.45 bits per heavy atom. The lowest BCUT2D eigenvalue weighted by Crippen LogP contribution is -2.18. The highest BCUT2D eigenvalue weighted by Gasteiger charge is 2.41. The lowest BCUT2D eigenvalue weighted by Gasteiger charge is -2.05. The summed E-state index contributed by atoms with van der Waals surface area (Å²) < 4.78 is 0. The summed E-state index contributed by atoms with van der Waals surface area (Å²) in [6.45, 7) is 7.71. The van der Waals surface area contributed by atoms with Gasteiger partial charge >= 0.3 is 0 Å². The smallest absolute Gasteiger partial charge is 0.0319 e. The molecule has 0 amide bonds. The molecule has 2 heterocycles. The van der Waals surface area contributed by atoms with Crippen LogP contribution in [0, 0.1) is 0 Å². The first-order valence-electron chi connectivity index (χ1n) is 4.87. The van der Waals surface area contributed by atoms with E-state index in [1.807, 2.05) is 13.8 Å². The van der Waals surface area contributed by atoms with Gasteiger partial charge in [0.2, 0.25) is 0 Å². The van der Waals surface area contributed by atoms with E-state index in [0.717, 1.165) is 0 Å². The van der Waals surface area contributed by atoms with E-state index in [1.54, 1.807) is 0 Å². The third kappa shape index (κ3) is 2.46. The maximum atomic E-state index is 3.45. The van der Waals surface area contributed by atoms with Gasteiger partial charge in [-0.25, -0.2) is 0 Å². The fourth-order valence-corrected chi connectivity index (χ4v) is 1.61. The molecule has 0 aromatic rings. The molecule has 2 aliphatic heterocycles. The van der Waals surface area contributed by atoms with Crippen LogP contribution in [0.25, 0.3) is 0 Å². The van der Waals surface area contributed by atoms with Crippen LogP contribution in [0.3, 0.4) is 0 Å². The lowest BCUT2D eigenvalue weighted by molar-refractivity contribution is 0.557. The topological polar surface area (TPSA) is 34.0 Å². The summed E-state index contributed by atoms with van der Waals surface area (Å²) >= 11 is 0. The zero-order valence-electron chi connectivity index (χ0n) is 7.74. The summed E-state index contributed by atoms with van der Waals surface area (Å²) in [5.41, 5.74) is 0.601. The molecule has 0 aromatic heterocycles. The van der Waals surface area contributed by atoms with Gasteiger partial charge in [-0.15, -0.1) is 0 Å². The van der Waals surface area contributed by atoms with Crippen molar-refractivity contribution in [3.63, 3.8) is 0 Å². The Bertz CT molecular complexity index is 98.1. The van der Waals surface area contributed by atoms with E-state index in [4.69, 9.17) is 0 Å². The number of rotatable bonds is 0. The van der Waals surface area contributed by atoms with Crippen LogP contribution in [0.15, 0.2) is 0 Å². The quantitative estimate of drug-likeness (QED) is 0.515. The number of nitrogens with one attached hydrogen (secondary N) is 2. The van der Waals surface area contributed by atoms with E-state index in [0.29, 0.717) is 5.54 Å². The van der Waals surface area contributed by atoms with E-state index in [2.05, 4.69) is 10.6 Å². The Kier molecular flexibility index (Phi) is 3.34. The average molecular weight is 156 g/mol. The molecule has 2 N–H and O–H groups in total.